The van der Waals surface area contributed by atoms with Gasteiger partial charge in [-0.25, -0.2) is 4.98 Å². The highest BCUT2D eigenvalue weighted by Crippen LogP contribution is 2.58. The molecule has 1 amide bonds. The van der Waals surface area contributed by atoms with Crippen LogP contribution in [-0.2, 0) is 11.2 Å². The van der Waals surface area contributed by atoms with Crippen molar-refractivity contribution in [3.05, 3.63) is 29.3 Å². The molecule has 4 rings (SSSR count). The lowest BCUT2D eigenvalue weighted by Gasteiger charge is -2.23. The minimum Gasteiger partial charge on any atom is -0.355 e. The number of carbonyl (C=O) groups is 1. The fourth-order valence-corrected chi connectivity index (χ4v) is 4.61. The summed E-state index contributed by atoms with van der Waals surface area (Å²) >= 11 is 1.72. The molecule has 0 bridgehead atoms. The van der Waals surface area contributed by atoms with Crippen LogP contribution in [-0.4, -0.2) is 30.5 Å². The molecular weight excluding hydrogens is 330 g/mol. The smallest absolute Gasteiger partial charge is 0.223 e. The van der Waals surface area contributed by atoms with Crippen molar-refractivity contribution in [3.8, 4) is 0 Å². The van der Waals surface area contributed by atoms with E-state index in [0.717, 1.165) is 49.3 Å². The van der Waals surface area contributed by atoms with Crippen LogP contribution in [0.25, 0.3) is 10.2 Å². The zero-order valence-corrected chi connectivity index (χ0v) is 14.6. The molecule has 2 aromatic rings. The summed E-state index contributed by atoms with van der Waals surface area (Å²) in [6, 6.07) is 8.19. The van der Waals surface area contributed by atoms with Crippen LogP contribution in [0.2, 0.25) is 0 Å². The van der Waals surface area contributed by atoms with Crippen LogP contribution in [0.1, 0.15) is 24.3 Å². The third kappa shape index (κ3) is 3.37. The van der Waals surface area contributed by atoms with Gasteiger partial charge in [-0.15, -0.1) is 23.7 Å². The minimum atomic E-state index is 0. The van der Waals surface area contributed by atoms with Crippen LogP contribution < -0.4 is 10.6 Å². The van der Waals surface area contributed by atoms with Crippen molar-refractivity contribution < 1.29 is 4.79 Å². The molecule has 6 heteroatoms. The van der Waals surface area contributed by atoms with Crippen molar-refractivity contribution in [3.63, 3.8) is 0 Å². The van der Waals surface area contributed by atoms with Gasteiger partial charge in [0.05, 0.1) is 15.2 Å². The minimum absolute atomic E-state index is 0. The van der Waals surface area contributed by atoms with Gasteiger partial charge in [-0.3, -0.25) is 4.79 Å². The van der Waals surface area contributed by atoms with Crippen LogP contribution >= 0.6 is 23.7 Å². The number of para-hydroxylation sites is 1. The largest absolute Gasteiger partial charge is 0.355 e. The number of carbonyl (C=O) groups excluding carboxylic acids is 1. The van der Waals surface area contributed by atoms with E-state index < -0.39 is 0 Å². The van der Waals surface area contributed by atoms with Gasteiger partial charge in [-0.2, -0.15) is 0 Å². The van der Waals surface area contributed by atoms with Crippen molar-refractivity contribution >= 4 is 39.9 Å². The number of hydrogen-bond acceptors (Lipinski definition) is 4. The van der Waals surface area contributed by atoms with Gasteiger partial charge in [0.25, 0.3) is 0 Å². The molecule has 124 valence electrons. The lowest BCUT2D eigenvalue weighted by molar-refractivity contribution is -0.123. The maximum absolute atomic E-state index is 12.3. The van der Waals surface area contributed by atoms with E-state index in [1.165, 1.54) is 4.70 Å². The molecule has 2 aliphatic rings. The summed E-state index contributed by atoms with van der Waals surface area (Å²) in [6.45, 7) is 2.83. The molecule has 23 heavy (non-hydrogen) atoms. The number of benzene rings is 1. The molecule has 2 heterocycles. The van der Waals surface area contributed by atoms with Gasteiger partial charge in [0.1, 0.15) is 0 Å². The van der Waals surface area contributed by atoms with Gasteiger partial charge in [-0.1, -0.05) is 12.1 Å². The van der Waals surface area contributed by atoms with Gasteiger partial charge in [0, 0.05) is 18.9 Å². The average molecular weight is 352 g/mol. The summed E-state index contributed by atoms with van der Waals surface area (Å²) in [5.41, 5.74) is 1.38. The van der Waals surface area contributed by atoms with Crippen LogP contribution in [0.4, 0.5) is 0 Å². The Balaban J connectivity index is 0.00000156. The van der Waals surface area contributed by atoms with Crippen LogP contribution in [0.5, 0.6) is 0 Å². The lowest BCUT2D eigenvalue weighted by atomic mass is 9.92. The molecule has 1 unspecified atom stereocenters. The fraction of sp³-hybridized carbons (Fsp3) is 0.529. The van der Waals surface area contributed by atoms with Crippen LogP contribution in [0.15, 0.2) is 24.3 Å². The number of fused-ring (bicyclic) bond motifs is 1. The first-order valence-electron chi connectivity index (χ1n) is 8.10. The number of piperidine rings is 1. The molecule has 1 aromatic carbocycles. The van der Waals surface area contributed by atoms with Crippen LogP contribution in [0, 0.1) is 11.3 Å². The molecule has 1 saturated heterocycles. The summed E-state index contributed by atoms with van der Waals surface area (Å²) in [4.78, 5) is 16.9. The van der Waals surface area contributed by atoms with Crippen LogP contribution in [0.3, 0.4) is 0 Å². The summed E-state index contributed by atoms with van der Waals surface area (Å²) in [5.74, 6) is 0.507. The van der Waals surface area contributed by atoms with Crippen molar-refractivity contribution in [1.29, 1.82) is 0 Å². The zero-order valence-electron chi connectivity index (χ0n) is 13.0. The first kappa shape index (κ1) is 16.7. The normalized spacial score (nSPS) is 21.8. The average Bonchev–Trinajstić information content (AvgIpc) is 3.06. The first-order chi connectivity index (χ1) is 10.8. The van der Waals surface area contributed by atoms with Gasteiger partial charge >= 0.3 is 0 Å². The highest BCUT2D eigenvalue weighted by Gasteiger charge is 2.57. The number of amides is 1. The Bertz CT molecular complexity index is 663. The molecule has 0 radical (unpaired) electrons. The molecule has 1 saturated carbocycles. The topological polar surface area (TPSA) is 54.0 Å². The number of nitrogens with one attached hydrogen (secondary N) is 2. The standard InChI is InChI=1S/C17H21N3OS.ClH/c21-16(12-11-17(12)6-9-18-10-7-17)19-8-5-15-20-13-3-1-2-4-14(13)22-15;/h1-4,12,18H,5-11H2,(H,19,21);1H. The summed E-state index contributed by atoms with van der Waals surface area (Å²) in [5, 5.41) is 7.60. The third-order valence-corrected chi connectivity index (χ3v) is 6.18. The van der Waals surface area contributed by atoms with Gasteiger partial charge < -0.3 is 10.6 Å². The molecule has 2 N–H and O–H groups in total. The molecule has 1 aliphatic heterocycles. The Hall–Kier alpha value is -1.17. The second kappa shape index (κ2) is 6.75. The number of halogens is 1. The van der Waals surface area contributed by atoms with E-state index in [9.17, 15) is 4.79 Å². The maximum atomic E-state index is 12.3. The fourth-order valence-electron chi connectivity index (χ4n) is 3.64. The van der Waals surface area contributed by atoms with E-state index in [1.807, 2.05) is 18.2 Å². The first-order valence-corrected chi connectivity index (χ1v) is 8.91. The maximum Gasteiger partial charge on any atom is 0.223 e. The summed E-state index contributed by atoms with van der Waals surface area (Å²) < 4.78 is 1.22. The van der Waals surface area contributed by atoms with Gasteiger partial charge in [0.2, 0.25) is 5.91 Å². The van der Waals surface area contributed by atoms with E-state index in [1.54, 1.807) is 11.3 Å². The predicted molar refractivity (Wildman–Crippen MR) is 96.2 cm³/mol. The van der Waals surface area contributed by atoms with Crippen molar-refractivity contribution in [1.82, 2.24) is 15.6 Å². The monoisotopic (exact) mass is 351 g/mol. The Morgan fingerprint density at radius 2 is 2.13 bits per heavy atom. The second-order valence-electron chi connectivity index (χ2n) is 6.49. The highest BCUT2D eigenvalue weighted by atomic mass is 35.5. The molecule has 1 atom stereocenters. The summed E-state index contributed by atoms with van der Waals surface area (Å²) in [7, 11) is 0. The Kier molecular flexibility index (Phi) is 4.90. The Morgan fingerprint density at radius 3 is 2.91 bits per heavy atom. The molecule has 1 aliphatic carbocycles. The molecule has 1 spiro atoms. The van der Waals surface area contributed by atoms with E-state index in [4.69, 9.17) is 0 Å². The zero-order chi connectivity index (χ0) is 15.0. The number of nitrogens with zero attached hydrogens (tertiary/aromatic N) is 1. The Labute approximate surface area is 146 Å². The van der Waals surface area contributed by atoms with Gasteiger partial charge in [-0.05, 0) is 49.9 Å². The van der Waals surface area contributed by atoms with Crippen molar-refractivity contribution in [2.75, 3.05) is 19.6 Å². The Morgan fingerprint density at radius 1 is 1.35 bits per heavy atom. The third-order valence-electron chi connectivity index (χ3n) is 5.08. The number of aromatic nitrogens is 1. The predicted octanol–water partition coefficient (Wildman–Crippen LogP) is 2.77. The lowest BCUT2D eigenvalue weighted by Crippen LogP contribution is -2.34. The number of rotatable bonds is 4. The van der Waals surface area contributed by atoms with E-state index in [-0.39, 0.29) is 24.2 Å². The molecule has 2 fully saturated rings. The van der Waals surface area contributed by atoms with E-state index >= 15 is 0 Å². The van der Waals surface area contributed by atoms with Crippen molar-refractivity contribution in [2.24, 2.45) is 11.3 Å². The van der Waals surface area contributed by atoms with E-state index in [0.29, 0.717) is 12.0 Å². The molecule has 1 aromatic heterocycles. The molecule has 4 nitrogen and oxygen atoms in total. The number of thiazole rings is 1. The SMILES string of the molecule is Cl.O=C(NCCc1nc2ccccc2s1)C1CC12CCNCC2. The van der Waals surface area contributed by atoms with E-state index in [2.05, 4.69) is 21.7 Å². The summed E-state index contributed by atoms with van der Waals surface area (Å²) in [6.07, 6.45) is 4.22. The second-order valence-corrected chi connectivity index (χ2v) is 7.60. The number of hydrogen-bond donors (Lipinski definition) is 2. The quantitative estimate of drug-likeness (QED) is 0.890. The molecular formula is C17H22ClN3OS. The highest BCUT2D eigenvalue weighted by molar-refractivity contribution is 7.18. The van der Waals surface area contributed by atoms with Crippen molar-refractivity contribution in [2.45, 2.75) is 25.7 Å². The van der Waals surface area contributed by atoms with Gasteiger partial charge in [0.15, 0.2) is 0 Å².